The molecule has 0 radical (unpaired) electrons. The van der Waals surface area contributed by atoms with Gasteiger partial charge in [0.05, 0.1) is 5.69 Å². The minimum Gasteiger partial charge on any atom is -0.270 e. The summed E-state index contributed by atoms with van der Waals surface area (Å²) in [5, 5.41) is 15.0. The SMILES string of the molecule is CCn1c(SCc2ccc(Cl)nn2)n[nH]c1=O. The quantitative estimate of drug-likeness (QED) is 0.849. The smallest absolute Gasteiger partial charge is 0.270 e. The van der Waals surface area contributed by atoms with Crippen LogP contribution in [0.2, 0.25) is 5.15 Å². The Balaban J connectivity index is 2.07. The molecule has 0 fully saturated rings. The molecule has 8 heteroatoms. The van der Waals surface area contributed by atoms with E-state index in [-0.39, 0.29) is 5.69 Å². The molecule has 0 bridgehead atoms. The van der Waals surface area contributed by atoms with Gasteiger partial charge in [0.1, 0.15) is 0 Å². The molecule has 2 aromatic rings. The first kappa shape index (κ1) is 12.1. The Labute approximate surface area is 106 Å². The Kier molecular flexibility index (Phi) is 3.80. The van der Waals surface area contributed by atoms with E-state index in [9.17, 15) is 4.79 Å². The highest BCUT2D eigenvalue weighted by atomic mass is 35.5. The van der Waals surface area contributed by atoms with Crippen LogP contribution in [0.15, 0.2) is 22.1 Å². The molecule has 0 spiro atoms. The second kappa shape index (κ2) is 5.33. The van der Waals surface area contributed by atoms with Gasteiger partial charge in [-0.2, -0.15) is 5.10 Å². The van der Waals surface area contributed by atoms with Crippen LogP contribution in [0.1, 0.15) is 12.6 Å². The third-order valence-electron chi connectivity index (χ3n) is 2.08. The number of rotatable bonds is 4. The Morgan fingerprint density at radius 1 is 1.47 bits per heavy atom. The van der Waals surface area contributed by atoms with Crippen LogP contribution in [0.4, 0.5) is 0 Å². The van der Waals surface area contributed by atoms with Gasteiger partial charge in [0.2, 0.25) is 0 Å². The third kappa shape index (κ3) is 2.86. The second-order valence-corrected chi connectivity index (χ2v) is 4.52. The molecular weight excluding hydrogens is 262 g/mol. The molecule has 0 aromatic carbocycles. The molecule has 0 atom stereocenters. The van der Waals surface area contributed by atoms with Gasteiger partial charge in [-0.1, -0.05) is 23.4 Å². The first-order valence-corrected chi connectivity index (χ1v) is 6.33. The van der Waals surface area contributed by atoms with Gasteiger partial charge in [-0.3, -0.25) is 4.57 Å². The molecule has 2 aromatic heterocycles. The fourth-order valence-electron chi connectivity index (χ4n) is 1.25. The molecule has 90 valence electrons. The van der Waals surface area contributed by atoms with Gasteiger partial charge in [0, 0.05) is 12.3 Å². The van der Waals surface area contributed by atoms with Crippen molar-refractivity contribution in [1.29, 1.82) is 0 Å². The van der Waals surface area contributed by atoms with E-state index >= 15 is 0 Å². The van der Waals surface area contributed by atoms with Gasteiger partial charge in [0.15, 0.2) is 10.3 Å². The number of aromatic nitrogens is 5. The molecule has 0 unspecified atom stereocenters. The minimum absolute atomic E-state index is 0.197. The van der Waals surface area contributed by atoms with Crippen molar-refractivity contribution < 1.29 is 0 Å². The predicted octanol–water partition coefficient (Wildman–Crippen LogP) is 1.33. The normalized spacial score (nSPS) is 10.7. The largest absolute Gasteiger partial charge is 0.343 e. The van der Waals surface area contributed by atoms with Gasteiger partial charge < -0.3 is 0 Å². The molecule has 0 saturated carbocycles. The lowest BCUT2D eigenvalue weighted by molar-refractivity contribution is 0.660. The molecule has 0 aliphatic carbocycles. The van der Waals surface area contributed by atoms with Gasteiger partial charge in [-0.15, -0.1) is 10.2 Å². The molecule has 0 saturated heterocycles. The lowest BCUT2D eigenvalue weighted by Gasteiger charge is -2.01. The number of nitrogens with one attached hydrogen (secondary N) is 1. The molecule has 0 amide bonds. The molecule has 6 nitrogen and oxygen atoms in total. The maximum Gasteiger partial charge on any atom is 0.343 e. The van der Waals surface area contributed by atoms with Crippen molar-refractivity contribution >= 4 is 23.4 Å². The van der Waals surface area contributed by atoms with Crippen molar-refractivity contribution in [1.82, 2.24) is 25.0 Å². The van der Waals surface area contributed by atoms with Crippen LogP contribution in [-0.2, 0) is 12.3 Å². The van der Waals surface area contributed by atoms with E-state index < -0.39 is 0 Å². The maximum absolute atomic E-state index is 11.3. The number of halogens is 1. The van der Waals surface area contributed by atoms with Crippen molar-refractivity contribution in [2.75, 3.05) is 0 Å². The summed E-state index contributed by atoms with van der Waals surface area (Å²) in [6, 6.07) is 3.48. The monoisotopic (exact) mass is 271 g/mol. The van der Waals surface area contributed by atoms with Gasteiger partial charge in [0.25, 0.3) is 0 Å². The number of aromatic amines is 1. The number of nitrogens with zero attached hydrogens (tertiary/aromatic N) is 4. The first-order chi connectivity index (χ1) is 8.20. The molecule has 1 N–H and O–H groups in total. The third-order valence-corrected chi connectivity index (χ3v) is 3.29. The summed E-state index contributed by atoms with van der Waals surface area (Å²) in [5.41, 5.74) is 0.592. The summed E-state index contributed by atoms with van der Waals surface area (Å²) < 4.78 is 1.56. The topological polar surface area (TPSA) is 76.5 Å². The number of hydrogen-bond donors (Lipinski definition) is 1. The Morgan fingerprint density at radius 2 is 2.29 bits per heavy atom. The summed E-state index contributed by atoms with van der Waals surface area (Å²) in [4.78, 5) is 11.3. The van der Waals surface area contributed by atoms with E-state index in [1.54, 1.807) is 16.7 Å². The van der Waals surface area contributed by atoms with Crippen molar-refractivity contribution in [3.8, 4) is 0 Å². The summed E-state index contributed by atoms with van der Waals surface area (Å²) >= 11 is 7.06. The molecule has 17 heavy (non-hydrogen) atoms. The van der Waals surface area contributed by atoms with Crippen molar-refractivity contribution in [3.05, 3.63) is 33.5 Å². The van der Waals surface area contributed by atoms with E-state index in [0.717, 1.165) is 5.69 Å². The summed E-state index contributed by atoms with van der Waals surface area (Å²) in [6.07, 6.45) is 0. The zero-order chi connectivity index (χ0) is 12.3. The highest BCUT2D eigenvalue weighted by molar-refractivity contribution is 7.98. The Hall–Kier alpha value is -1.34. The van der Waals surface area contributed by atoms with E-state index in [0.29, 0.717) is 22.6 Å². The molecule has 0 aliphatic heterocycles. The van der Waals surface area contributed by atoms with Crippen LogP contribution in [0.3, 0.4) is 0 Å². The summed E-state index contributed by atoms with van der Waals surface area (Å²) in [5.74, 6) is 0.592. The van der Waals surface area contributed by atoms with Gasteiger partial charge in [-0.25, -0.2) is 9.89 Å². The van der Waals surface area contributed by atoms with E-state index in [4.69, 9.17) is 11.6 Å². The molecule has 2 rings (SSSR count). The van der Waals surface area contributed by atoms with Crippen LogP contribution < -0.4 is 5.69 Å². The summed E-state index contributed by atoms with van der Waals surface area (Å²) in [6.45, 7) is 2.48. The molecule has 2 heterocycles. The average molecular weight is 272 g/mol. The van der Waals surface area contributed by atoms with E-state index in [1.807, 2.05) is 6.92 Å². The molecule has 0 aliphatic rings. The number of thioether (sulfide) groups is 1. The van der Waals surface area contributed by atoms with Crippen LogP contribution in [-0.4, -0.2) is 25.0 Å². The first-order valence-electron chi connectivity index (χ1n) is 4.97. The zero-order valence-electron chi connectivity index (χ0n) is 9.05. The van der Waals surface area contributed by atoms with Crippen molar-refractivity contribution in [2.24, 2.45) is 0 Å². The Bertz CT molecular complexity index is 549. The number of H-pyrrole nitrogens is 1. The van der Waals surface area contributed by atoms with Crippen LogP contribution >= 0.6 is 23.4 Å². The van der Waals surface area contributed by atoms with E-state index in [2.05, 4.69) is 20.4 Å². The van der Waals surface area contributed by atoms with Gasteiger partial charge >= 0.3 is 5.69 Å². The minimum atomic E-state index is -0.197. The van der Waals surface area contributed by atoms with Crippen LogP contribution in [0, 0.1) is 0 Å². The average Bonchev–Trinajstić information content (AvgIpc) is 2.69. The fraction of sp³-hybridized carbons (Fsp3) is 0.333. The highest BCUT2D eigenvalue weighted by Gasteiger charge is 2.07. The lowest BCUT2D eigenvalue weighted by Crippen LogP contribution is -2.16. The summed E-state index contributed by atoms with van der Waals surface area (Å²) in [7, 11) is 0. The van der Waals surface area contributed by atoms with Crippen molar-refractivity contribution in [3.63, 3.8) is 0 Å². The fourth-order valence-corrected chi connectivity index (χ4v) is 2.26. The Morgan fingerprint density at radius 3 is 2.94 bits per heavy atom. The van der Waals surface area contributed by atoms with E-state index in [1.165, 1.54) is 11.8 Å². The van der Waals surface area contributed by atoms with Crippen molar-refractivity contribution in [2.45, 2.75) is 24.4 Å². The number of hydrogen-bond acceptors (Lipinski definition) is 5. The molecular formula is C9H10ClN5OS. The van der Waals surface area contributed by atoms with Gasteiger partial charge in [-0.05, 0) is 19.1 Å². The standard InChI is InChI=1S/C9H10ClN5OS/c1-2-15-8(16)13-14-9(15)17-5-6-3-4-7(10)12-11-6/h3-4H,2,5H2,1H3,(H,13,16). The van der Waals surface area contributed by atoms with Crippen LogP contribution in [0.5, 0.6) is 0 Å². The predicted molar refractivity (Wildman–Crippen MR) is 65.1 cm³/mol. The lowest BCUT2D eigenvalue weighted by atomic mass is 10.4. The van der Waals surface area contributed by atoms with Crippen LogP contribution in [0.25, 0.3) is 0 Å². The zero-order valence-corrected chi connectivity index (χ0v) is 10.6. The maximum atomic E-state index is 11.3. The highest BCUT2D eigenvalue weighted by Crippen LogP contribution is 2.18. The second-order valence-electron chi connectivity index (χ2n) is 3.19.